The molecule has 0 fully saturated rings. The molecule has 28 heavy (non-hydrogen) atoms. The fraction of sp³-hybridized carbons (Fsp3) is 0.227. The predicted molar refractivity (Wildman–Crippen MR) is 102 cm³/mol. The molecule has 1 heterocycles. The number of ether oxygens (including phenoxy) is 2. The Morgan fingerprint density at radius 2 is 1.71 bits per heavy atom. The van der Waals surface area contributed by atoms with Crippen molar-refractivity contribution in [2.75, 3.05) is 7.11 Å². The molecule has 0 spiro atoms. The van der Waals surface area contributed by atoms with Gasteiger partial charge in [0.25, 0.3) is 0 Å². The molecular weight excluding hydrogens is 358 g/mol. The van der Waals surface area contributed by atoms with Gasteiger partial charge in [0, 0.05) is 18.0 Å². The molecule has 1 aliphatic rings. The van der Waals surface area contributed by atoms with Crippen molar-refractivity contribution >= 4 is 17.8 Å². The van der Waals surface area contributed by atoms with Crippen LogP contribution in [0, 0.1) is 0 Å². The highest BCUT2D eigenvalue weighted by Crippen LogP contribution is 2.33. The van der Waals surface area contributed by atoms with Crippen LogP contribution in [0.3, 0.4) is 0 Å². The van der Waals surface area contributed by atoms with Crippen molar-refractivity contribution in [3.63, 3.8) is 0 Å². The van der Waals surface area contributed by atoms with E-state index in [-0.39, 0.29) is 18.9 Å². The number of rotatable bonds is 5. The number of carbonyl (C=O) groups is 3. The van der Waals surface area contributed by atoms with E-state index >= 15 is 0 Å². The summed E-state index contributed by atoms with van der Waals surface area (Å²) in [6, 6.07) is 16.1. The molecule has 0 bridgehead atoms. The van der Waals surface area contributed by atoms with Crippen LogP contribution >= 0.6 is 0 Å². The Kier molecular flexibility index (Phi) is 5.89. The standard InChI is InChI=1S/C22H21NO5/c1-14-20(22(26)28-13-15-6-4-3-5-7-15)18(12-19(24)23-14)16-8-10-17(11-9-16)21(25)27-2/h3-11,18H,12-13H2,1-2H3,(H,23,24)/t18-/m1/s1. The molecule has 1 N–H and O–H groups in total. The number of amides is 1. The van der Waals surface area contributed by atoms with Crippen molar-refractivity contribution in [3.05, 3.63) is 82.6 Å². The van der Waals surface area contributed by atoms with E-state index in [0.717, 1.165) is 11.1 Å². The molecule has 6 heteroatoms. The van der Waals surface area contributed by atoms with Gasteiger partial charge in [-0.05, 0) is 30.2 Å². The molecule has 0 unspecified atom stereocenters. The molecule has 2 aromatic carbocycles. The zero-order chi connectivity index (χ0) is 20.1. The number of hydrogen-bond donors (Lipinski definition) is 1. The maximum atomic E-state index is 12.8. The van der Waals surface area contributed by atoms with Gasteiger partial charge in [-0.2, -0.15) is 0 Å². The van der Waals surface area contributed by atoms with Crippen LogP contribution in [0.4, 0.5) is 0 Å². The van der Waals surface area contributed by atoms with Crippen molar-refractivity contribution < 1.29 is 23.9 Å². The average molecular weight is 379 g/mol. The Morgan fingerprint density at radius 3 is 2.36 bits per heavy atom. The van der Waals surface area contributed by atoms with Gasteiger partial charge in [-0.1, -0.05) is 42.5 Å². The number of benzene rings is 2. The first-order valence-electron chi connectivity index (χ1n) is 8.89. The van der Waals surface area contributed by atoms with Gasteiger partial charge in [0.15, 0.2) is 0 Å². The fourth-order valence-electron chi connectivity index (χ4n) is 3.23. The third-order valence-electron chi connectivity index (χ3n) is 4.64. The summed E-state index contributed by atoms with van der Waals surface area (Å²) in [4.78, 5) is 36.5. The van der Waals surface area contributed by atoms with Crippen molar-refractivity contribution in [1.29, 1.82) is 0 Å². The Balaban J connectivity index is 1.84. The van der Waals surface area contributed by atoms with Crippen LogP contribution in [-0.2, 0) is 25.7 Å². The number of carbonyl (C=O) groups excluding carboxylic acids is 3. The van der Waals surface area contributed by atoms with Crippen LogP contribution in [0.25, 0.3) is 0 Å². The second kappa shape index (κ2) is 8.52. The minimum absolute atomic E-state index is 0.130. The Hall–Kier alpha value is -3.41. The second-order valence-corrected chi connectivity index (χ2v) is 6.52. The van der Waals surface area contributed by atoms with Gasteiger partial charge in [-0.25, -0.2) is 9.59 Å². The van der Waals surface area contributed by atoms with E-state index < -0.39 is 17.9 Å². The molecule has 3 rings (SSSR count). The fourth-order valence-corrected chi connectivity index (χ4v) is 3.23. The molecule has 0 aliphatic carbocycles. The third kappa shape index (κ3) is 4.28. The molecule has 1 atom stereocenters. The lowest BCUT2D eigenvalue weighted by atomic mass is 9.84. The average Bonchev–Trinajstić information content (AvgIpc) is 2.71. The van der Waals surface area contributed by atoms with Gasteiger partial charge in [0.1, 0.15) is 6.61 Å². The minimum atomic E-state index is -0.469. The molecule has 0 aromatic heterocycles. The Morgan fingerprint density at radius 1 is 1.04 bits per heavy atom. The van der Waals surface area contributed by atoms with Crippen LogP contribution in [0.2, 0.25) is 0 Å². The molecule has 1 amide bonds. The Bertz CT molecular complexity index is 916. The monoisotopic (exact) mass is 379 g/mol. The highest BCUT2D eigenvalue weighted by atomic mass is 16.5. The maximum absolute atomic E-state index is 12.8. The lowest BCUT2D eigenvalue weighted by Gasteiger charge is -2.26. The molecule has 0 saturated heterocycles. The number of nitrogens with one attached hydrogen (secondary N) is 1. The summed E-state index contributed by atoms with van der Waals surface area (Å²) in [6.45, 7) is 1.84. The lowest BCUT2D eigenvalue weighted by Crippen LogP contribution is -2.34. The highest BCUT2D eigenvalue weighted by molar-refractivity contribution is 5.96. The number of allylic oxidation sites excluding steroid dienone is 1. The summed E-state index contributed by atoms with van der Waals surface area (Å²) in [5, 5.41) is 2.71. The van der Waals surface area contributed by atoms with Crippen molar-refractivity contribution in [2.24, 2.45) is 0 Å². The third-order valence-corrected chi connectivity index (χ3v) is 4.64. The lowest BCUT2D eigenvalue weighted by molar-refractivity contribution is -0.141. The summed E-state index contributed by atoms with van der Waals surface area (Å²) < 4.78 is 10.2. The zero-order valence-corrected chi connectivity index (χ0v) is 15.7. The van der Waals surface area contributed by atoms with E-state index in [2.05, 4.69) is 5.32 Å². The molecular formula is C22H21NO5. The van der Waals surface area contributed by atoms with E-state index in [0.29, 0.717) is 16.8 Å². The zero-order valence-electron chi connectivity index (χ0n) is 15.7. The molecule has 1 aliphatic heterocycles. The molecule has 6 nitrogen and oxygen atoms in total. The van der Waals surface area contributed by atoms with Crippen LogP contribution in [0.5, 0.6) is 0 Å². The first-order valence-corrected chi connectivity index (χ1v) is 8.89. The SMILES string of the molecule is COC(=O)c1ccc([C@H]2CC(=O)NC(C)=C2C(=O)OCc2ccccc2)cc1. The van der Waals surface area contributed by atoms with Crippen LogP contribution in [-0.4, -0.2) is 25.0 Å². The van der Waals surface area contributed by atoms with Gasteiger partial charge < -0.3 is 14.8 Å². The molecule has 2 aromatic rings. The predicted octanol–water partition coefficient (Wildman–Crippen LogP) is 3.09. The molecule has 0 radical (unpaired) electrons. The first-order chi connectivity index (χ1) is 13.5. The number of methoxy groups -OCH3 is 1. The van der Waals surface area contributed by atoms with E-state index in [1.807, 2.05) is 30.3 Å². The smallest absolute Gasteiger partial charge is 0.337 e. The quantitative estimate of drug-likeness (QED) is 0.808. The summed E-state index contributed by atoms with van der Waals surface area (Å²) in [7, 11) is 1.31. The van der Waals surface area contributed by atoms with E-state index in [9.17, 15) is 14.4 Å². The van der Waals surface area contributed by atoms with E-state index in [1.54, 1.807) is 31.2 Å². The summed E-state index contributed by atoms with van der Waals surface area (Å²) >= 11 is 0. The van der Waals surface area contributed by atoms with Gasteiger partial charge >= 0.3 is 11.9 Å². The topological polar surface area (TPSA) is 81.7 Å². The Labute approximate surface area is 163 Å². The van der Waals surface area contributed by atoms with Crippen LogP contribution in [0.15, 0.2) is 65.9 Å². The van der Waals surface area contributed by atoms with Crippen LogP contribution < -0.4 is 5.32 Å². The first kappa shape index (κ1) is 19.4. The van der Waals surface area contributed by atoms with E-state index in [1.165, 1.54) is 7.11 Å². The van der Waals surface area contributed by atoms with Gasteiger partial charge in [0.2, 0.25) is 5.91 Å². The number of esters is 2. The maximum Gasteiger partial charge on any atom is 0.337 e. The largest absolute Gasteiger partial charge is 0.465 e. The highest BCUT2D eigenvalue weighted by Gasteiger charge is 2.32. The number of hydrogen-bond acceptors (Lipinski definition) is 5. The summed E-state index contributed by atoms with van der Waals surface area (Å²) in [5.74, 6) is -1.52. The van der Waals surface area contributed by atoms with E-state index in [4.69, 9.17) is 9.47 Å². The van der Waals surface area contributed by atoms with Crippen molar-refractivity contribution in [3.8, 4) is 0 Å². The van der Waals surface area contributed by atoms with Crippen molar-refractivity contribution in [2.45, 2.75) is 25.9 Å². The van der Waals surface area contributed by atoms with Crippen molar-refractivity contribution in [1.82, 2.24) is 5.32 Å². The van der Waals surface area contributed by atoms with Gasteiger partial charge in [-0.3, -0.25) is 4.79 Å². The summed E-state index contributed by atoms with van der Waals surface area (Å²) in [6.07, 6.45) is 0.130. The second-order valence-electron chi connectivity index (χ2n) is 6.52. The van der Waals surface area contributed by atoms with Crippen LogP contribution in [0.1, 0.15) is 40.7 Å². The normalized spacial score (nSPS) is 16.4. The molecule has 0 saturated carbocycles. The molecule has 144 valence electrons. The van der Waals surface area contributed by atoms with Gasteiger partial charge in [-0.15, -0.1) is 0 Å². The van der Waals surface area contributed by atoms with Gasteiger partial charge in [0.05, 0.1) is 18.2 Å². The summed E-state index contributed by atoms with van der Waals surface area (Å²) in [5.41, 5.74) is 2.94. The minimum Gasteiger partial charge on any atom is -0.465 e.